The molecule has 2 aromatic heterocycles. The van der Waals surface area contributed by atoms with Crippen molar-refractivity contribution in [1.29, 1.82) is 5.26 Å². The number of carbonyl (C=O) groups is 1. The van der Waals surface area contributed by atoms with Gasteiger partial charge in [-0.2, -0.15) is 5.26 Å². The highest BCUT2D eigenvalue weighted by Gasteiger charge is 2.24. The first-order chi connectivity index (χ1) is 15.0. The predicted molar refractivity (Wildman–Crippen MR) is 123 cm³/mol. The van der Waals surface area contributed by atoms with Crippen LogP contribution in [-0.2, 0) is 6.54 Å². The number of anilines is 1. The summed E-state index contributed by atoms with van der Waals surface area (Å²) in [5.41, 5.74) is 2.04. The fraction of sp³-hybridized carbons (Fsp3) is 0.391. The summed E-state index contributed by atoms with van der Waals surface area (Å²) in [6.07, 6.45) is 3.22. The summed E-state index contributed by atoms with van der Waals surface area (Å²) in [6.45, 7) is 5.70. The second-order valence-electron chi connectivity index (χ2n) is 8.08. The minimum atomic E-state index is -0.217. The predicted octanol–water partition coefficient (Wildman–Crippen LogP) is 3.51. The summed E-state index contributed by atoms with van der Waals surface area (Å²) in [5, 5.41) is 14.1. The first kappa shape index (κ1) is 21.1. The van der Waals surface area contributed by atoms with Crippen molar-refractivity contribution in [2.24, 2.45) is 0 Å². The van der Waals surface area contributed by atoms with Crippen molar-refractivity contribution >= 4 is 33.4 Å². The topological polar surface area (TPSA) is 91.0 Å². The van der Waals surface area contributed by atoms with E-state index in [2.05, 4.69) is 16.3 Å². The average Bonchev–Trinajstić information content (AvgIpc) is 3.20. The largest absolute Gasteiger partial charge is 0.350 e. The normalized spacial score (nSPS) is 14.1. The number of carbonyl (C=O) groups excluding carboxylic acids is 1. The van der Waals surface area contributed by atoms with Crippen LogP contribution in [0, 0.1) is 11.3 Å². The lowest BCUT2D eigenvalue weighted by Gasteiger charge is -2.29. The lowest BCUT2D eigenvalue weighted by atomic mass is 10.1. The molecule has 4 rings (SSSR count). The van der Waals surface area contributed by atoms with Gasteiger partial charge in [-0.05, 0) is 44.7 Å². The van der Waals surface area contributed by atoms with Crippen molar-refractivity contribution in [3.63, 3.8) is 0 Å². The number of nitriles is 1. The van der Waals surface area contributed by atoms with Crippen LogP contribution in [0.1, 0.15) is 54.6 Å². The molecule has 0 spiro atoms. The van der Waals surface area contributed by atoms with Crippen LogP contribution in [-0.4, -0.2) is 34.6 Å². The number of piperidine rings is 1. The fourth-order valence-electron chi connectivity index (χ4n) is 3.90. The molecule has 3 aromatic rings. The van der Waals surface area contributed by atoms with Gasteiger partial charge in [-0.15, -0.1) is 11.3 Å². The molecule has 1 aliphatic heterocycles. The highest BCUT2D eigenvalue weighted by Crippen LogP contribution is 2.26. The number of fused-ring (bicyclic) bond motifs is 1. The van der Waals surface area contributed by atoms with Gasteiger partial charge in [-0.25, -0.2) is 4.98 Å². The minimum absolute atomic E-state index is 0.00753. The van der Waals surface area contributed by atoms with Gasteiger partial charge in [0, 0.05) is 24.5 Å². The third-order valence-corrected chi connectivity index (χ3v) is 6.38. The zero-order chi connectivity index (χ0) is 22.0. The van der Waals surface area contributed by atoms with Crippen molar-refractivity contribution in [3.05, 3.63) is 56.7 Å². The van der Waals surface area contributed by atoms with E-state index in [4.69, 9.17) is 4.98 Å². The maximum absolute atomic E-state index is 13.5. The number of aromatic nitrogens is 2. The van der Waals surface area contributed by atoms with E-state index in [1.165, 1.54) is 11.3 Å². The molecule has 31 heavy (non-hydrogen) atoms. The molecule has 0 aliphatic carbocycles. The highest BCUT2D eigenvalue weighted by molar-refractivity contribution is 7.17. The number of hydrogen-bond acceptors (Lipinski definition) is 6. The molecule has 1 amide bonds. The number of hydrogen-bond donors (Lipinski definition) is 1. The lowest BCUT2D eigenvalue weighted by Crippen LogP contribution is -2.37. The number of benzene rings is 1. The number of nitrogens with zero attached hydrogens (tertiary/aromatic N) is 4. The second kappa shape index (κ2) is 8.90. The van der Waals surface area contributed by atoms with Crippen LogP contribution < -0.4 is 15.8 Å². The molecular weight excluding hydrogens is 410 g/mol. The van der Waals surface area contributed by atoms with Gasteiger partial charge in [0.15, 0.2) is 0 Å². The summed E-state index contributed by atoms with van der Waals surface area (Å²) in [5.74, 6) is 0.354. The maximum Gasteiger partial charge on any atom is 0.273 e. The number of amides is 1. The quantitative estimate of drug-likeness (QED) is 0.662. The van der Waals surface area contributed by atoms with Gasteiger partial charge in [0.1, 0.15) is 10.2 Å². The molecule has 1 N–H and O–H groups in total. The van der Waals surface area contributed by atoms with Crippen molar-refractivity contribution in [3.8, 4) is 6.07 Å². The average molecular weight is 436 g/mol. The number of thiophene rings is 1. The van der Waals surface area contributed by atoms with E-state index in [-0.39, 0.29) is 24.1 Å². The van der Waals surface area contributed by atoms with E-state index in [9.17, 15) is 14.9 Å². The molecule has 8 heteroatoms. The molecule has 0 unspecified atom stereocenters. The van der Waals surface area contributed by atoms with E-state index < -0.39 is 0 Å². The van der Waals surface area contributed by atoms with Crippen LogP contribution in [0.5, 0.6) is 0 Å². The van der Waals surface area contributed by atoms with Gasteiger partial charge in [0.25, 0.3) is 11.5 Å². The summed E-state index contributed by atoms with van der Waals surface area (Å²) >= 11 is 1.25. The van der Waals surface area contributed by atoms with Gasteiger partial charge < -0.3 is 10.2 Å². The van der Waals surface area contributed by atoms with E-state index in [1.807, 2.05) is 32.0 Å². The zero-order valence-electron chi connectivity index (χ0n) is 17.7. The Morgan fingerprint density at radius 2 is 2.00 bits per heavy atom. The monoisotopic (exact) mass is 435 g/mol. The Kier molecular flexibility index (Phi) is 6.05. The van der Waals surface area contributed by atoms with Crippen LogP contribution in [0.3, 0.4) is 0 Å². The van der Waals surface area contributed by atoms with Crippen LogP contribution in [0.15, 0.2) is 34.4 Å². The zero-order valence-corrected chi connectivity index (χ0v) is 18.5. The van der Waals surface area contributed by atoms with Gasteiger partial charge in [-0.3, -0.25) is 14.2 Å². The standard InChI is InChI=1S/C23H25N5O2S/c1-15(2)25-21(29)18-14-31-20-19(18)26-23(27-10-6-3-7-11-27)28(22(20)30)13-17-9-5-4-8-16(17)12-24/h4-5,8-9,14-15H,3,6-7,10-11,13H2,1-2H3,(H,25,29). The van der Waals surface area contributed by atoms with Gasteiger partial charge in [-0.1, -0.05) is 18.2 Å². The summed E-state index contributed by atoms with van der Waals surface area (Å²) in [7, 11) is 0. The van der Waals surface area contributed by atoms with Gasteiger partial charge in [0.2, 0.25) is 5.95 Å². The lowest BCUT2D eigenvalue weighted by molar-refractivity contribution is 0.0945. The number of rotatable bonds is 5. The molecule has 1 saturated heterocycles. The fourth-order valence-corrected chi connectivity index (χ4v) is 4.84. The molecular formula is C23H25N5O2S. The minimum Gasteiger partial charge on any atom is -0.350 e. The Morgan fingerprint density at radius 3 is 2.71 bits per heavy atom. The molecule has 0 bridgehead atoms. The Labute approximate surface area is 184 Å². The molecule has 3 heterocycles. The molecule has 1 aromatic carbocycles. The third-order valence-electron chi connectivity index (χ3n) is 5.43. The van der Waals surface area contributed by atoms with E-state index in [0.29, 0.717) is 27.3 Å². The Bertz CT molecular complexity index is 1210. The first-order valence-electron chi connectivity index (χ1n) is 10.6. The Morgan fingerprint density at radius 1 is 1.26 bits per heavy atom. The molecule has 0 saturated carbocycles. The van der Waals surface area contributed by atoms with Crippen LogP contribution in [0.4, 0.5) is 5.95 Å². The summed E-state index contributed by atoms with van der Waals surface area (Å²) in [6, 6.07) is 9.51. The highest BCUT2D eigenvalue weighted by atomic mass is 32.1. The molecule has 0 atom stereocenters. The first-order valence-corrected chi connectivity index (χ1v) is 11.4. The molecule has 7 nitrogen and oxygen atoms in total. The van der Waals surface area contributed by atoms with Crippen molar-refractivity contribution in [1.82, 2.24) is 14.9 Å². The molecule has 0 radical (unpaired) electrons. The Hall–Kier alpha value is -3.18. The molecule has 1 aliphatic rings. The van der Waals surface area contributed by atoms with E-state index >= 15 is 0 Å². The van der Waals surface area contributed by atoms with Crippen LogP contribution in [0.25, 0.3) is 10.2 Å². The third kappa shape index (κ3) is 4.19. The second-order valence-corrected chi connectivity index (χ2v) is 8.95. The van der Waals surface area contributed by atoms with Crippen molar-refractivity contribution < 1.29 is 4.79 Å². The Balaban J connectivity index is 1.88. The van der Waals surface area contributed by atoms with E-state index in [1.54, 1.807) is 16.0 Å². The van der Waals surface area contributed by atoms with E-state index in [0.717, 1.165) is 37.9 Å². The van der Waals surface area contributed by atoms with Crippen LogP contribution in [0.2, 0.25) is 0 Å². The summed E-state index contributed by atoms with van der Waals surface area (Å²) in [4.78, 5) is 33.2. The maximum atomic E-state index is 13.5. The van der Waals surface area contributed by atoms with Crippen molar-refractivity contribution in [2.45, 2.75) is 45.7 Å². The molecule has 1 fully saturated rings. The SMILES string of the molecule is CC(C)NC(=O)c1csc2c(=O)n(Cc3ccccc3C#N)c(N3CCCCC3)nc12. The van der Waals surface area contributed by atoms with Gasteiger partial charge in [0.05, 0.1) is 23.7 Å². The van der Waals surface area contributed by atoms with Crippen LogP contribution >= 0.6 is 11.3 Å². The summed E-state index contributed by atoms with van der Waals surface area (Å²) < 4.78 is 2.12. The van der Waals surface area contributed by atoms with Gasteiger partial charge >= 0.3 is 0 Å². The van der Waals surface area contributed by atoms with Crippen molar-refractivity contribution in [2.75, 3.05) is 18.0 Å². The number of nitrogens with one attached hydrogen (secondary N) is 1. The molecule has 160 valence electrons. The smallest absolute Gasteiger partial charge is 0.273 e.